The number of fused-ring (bicyclic) bond motifs is 1. The van der Waals surface area contributed by atoms with Crippen molar-refractivity contribution in [1.82, 2.24) is 25.0 Å². The van der Waals surface area contributed by atoms with E-state index in [1.54, 1.807) is 17.1 Å². The lowest BCUT2D eigenvalue weighted by Crippen LogP contribution is -2.05. The summed E-state index contributed by atoms with van der Waals surface area (Å²) in [5, 5.41) is 23.7. The Morgan fingerprint density at radius 3 is 2.48 bits per heavy atom. The lowest BCUT2D eigenvalue weighted by Gasteiger charge is -2.05. The van der Waals surface area contributed by atoms with E-state index in [1.165, 1.54) is 0 Å². The lowest BCUT2D eigenvalue weighted by atomic mass is 10.1. The van der Waals surface area contributed by atoms with Crippen LogP contribution in [0.1, 0.15) is 0 Å². The highest BCUT2D eigenvalue weighted by Crippen LogP contribution is 2.36. The third-order valence-corrected chi connectivity index (χ3v) is 4.26. The van der Waals surface area contributed by atoms with Crippen molar-refractivity contribution in [2.45, 2.75) is 6.54 Å². The number of pyridine rings is 1. The van der Waals surface area contributed by atoms with E-state index >= 15 is 0 Å². The van der Waals surface area contributed by atoms with Gasteiger partial charge in [0.05, 0.1) is 23.6 Å². The summed E-state index contributed by atoms with van der Waals surface area (Å²) in [5.74, 6) is 0. The Hall–Kier alpha value is -2.83. The van der Waals surface area contributed by atoms with Crippen molar-refractivity contribution >= 4 is 22.6 Å². The first-order valence-corrected chi connectivity index (χ1v) is 8.16. The smallest absolute Gasteiger partial charge is 0.182 e. The molecule has 0 fully saturated rings. The predicted octanol–water partition coefficient (Wildman–Crippen LogP) is 3.20. The number of hydrogen-bond donors (Lipinski definition) is 1. The van der Waals surface area contributed by atoms with E-state index < -0.39 is 0 Å². The van der Waals surface area contributed by atoms with E-state index in [-0.39, 0.29) is 6.61 Å². The molecule has 0 bridgehead atoms. The highest BCUT2D eigenvalue weighted by atomic mass is 35.5. The maximum absolute atomic E-state index is 9.31. The lowest BCUT2D eigenvalue weighted by molar-refractivity contribution is 0.271. The van der Waals surface area contributed by atoms with Crippen molar-refractivity contribution in [3.05, 3.63) is 59.9 Å². The van der Waals surface area contributed by atoms with Crippen LogP contribution in [0, 0.1) is 0 Å². The number of aliphatic hydroxyl groups excluding tert-OH is 1. The maximum atomic E-state index is 9.31. The van der Waals surface area contributed by atoms with E-state index in [0.29, 0.717) is 34.0 Å². The van der Waals surface area contributed by atoms with Crippen LogP contribution in [0.5, 0.6) is 0 Å². The molecule has 0 atom stereocenters. The molecule has 3 heterocycles. The third-order valence-electron chi connectivity index (χ3n) is 3.89. The van der Waals surface area contributed by atoms with Gasteiger partial charge in [0, 0.05) is 23.5 Å². The Kier molecular flexibility index (Phi) is 4.13. The monoisotopic (exact) mass is 351 g/mol. The predicted molar refractivity (Wildman–Crippen MR) is 96.1 cm³/mol. The van der Waals surface area contributed by atoms with Crippen molar-refractivity contribution < 1.29 is 5.11 Å². The molecule has 0 amide bonds. The zero-order chi connectivity index (χ0) is 17.2. The van der Waals surface area contributed by atoms with Crippen molar-refractivity contribution in [3.63, 3.8) is 0 Å². The molecule has 7 heteroatoms. The fraction of sp³-hybridized carbons (Fsp3) is 0.111. The van der Waals surface area contributed by atoms with Crippen LogP contribution in [-0.4, -0.2) is 36.7 Å². The van der Waals surface area contributed by atoms with Crippen LogP contribution in [0.25, 0.3) is 33.5 Å². The van der Waals surface area contributed by atoms with Gasteiger partial charge in [-0.15, -0.1) is 10.2 Å². The summed E-state index contributed by atoms with van der Waals surface area (Å²) in [6.45, 7) is 0.259. The Morgan fingerprint density at radius 2 is 1.76 bits per heavy atom. The quantitative estimate of drug-likeness (QED) is 0.611. The number of aliphatic hydroxyl groups is 1. The summed E-state index contributed by atoms with van der Waals surface area (Å²) < 4.78 is 1.62. The van der Waals surface area contributed by atoms with Gasteiger partial charge in [0.25, 0.3) is 0 Å². The van der Waals surface area contributed by atoms with Gasteiger partial charge in [-0.1, -0.05) is 41.9 Å². The fourth-order valence-corrected chi connectivity index (χ4v) is 3.07. The molecule has 4 rings (SSSR count). The highest BCUT2D eigenvalue weighted by molar-refractivity contribution is 6.38. The summed E-state index contributed by atoms with van der Waals surface area (Å²) >= 11 is 6.71. The molecule has 0 aliphatic heterocycles. The van der Waals surface area contributed by atoms with Crippen molar-refractivity contribution in [2.75, 3.05) is 6.61 Å². The summed E-state index contributed by atoms with van der Waals surface area (Å²) in [6, 6.07) is 13.4. The molecule has 6 nitrogen and oxygen atoms in total. The SMILES string of the molecule is OCCn1nc(-c2cccnc2)c2c(Cl)c(-c3ccccc3)nnc21. The second-order valence-electron chi connectivity index (χ2n) is 5.46. The van der Waals surface area contributed by atoms with E-state index in [1.807, 2.05) is 42.5 Å². The van der Waals surface area contributed by atoms with Crippen LogP contribution in [0.15, 0.2) is 54.9 Å². The zero-order valence-electron chi connectivity index (χ0n) is 13.2. The topological polar surface area (TPSA) is 76.7 Å². The van der Waals surface area contributed by atoms with Gasteiger partial charge in [-0.25, -0.2) is 4.68 Å². The van der Waals surface area contributed by atoms with Crippen LogP contribution in [0.4, 0.5) is 0 Å². The molecular formula is C18H14ClN5O. The second kappa shape index (κ2) is 6.58. The minimum atomic E-state index is -0.0526. The number of halogens is 1. The Balaban J connectivity index is 2.01. The second-order valence-corrected chi connectivity index (χ2v) is 5.84. The molecule has 0 unspecified atom stereocenters. The standard InChI is InChI=1S/C18H14ClN5O/c19-15-14-16(13-7-4-8-20-11-13)23-24(9-10-25)18(14)22-21-17(15)12-5-2-1-3-6-12/h1-8,11,25H,9-10H2. The summed E-state index contributed by atoms with van der Waals surface area (Å²) in [5.41, 5.74) is 3.53. The van der Waals surface area contributed by atoms with Gasteiger partial charge in [0.15, 0.2) is 5.65 Å². The maximum Gasteiger partial charge on any atom is 0.182 e. The molecule has 0 radical (unpaired) electrons. The van der Waals surface area contributed by atoms with Gasteiger partial charge >= 0.3 is 0 Å². The number of hydrogen-bond acceptors (Lipinski definition) is 5. The first kappa shape index (κ1) is 15.7. The van der Waals surface area contributed by atoms with Crippen LogP contribution in [0.2, 0.25) is 5.02 Å². The molecule has 4 aromatic rings. The Bertz CT molecular complexity index is 1020. The number of rotatable bonds is 4. The van der Waals surface area contributed by atoms with E-state index in [4.69, 9.17) is 11.6 Å². The molecule has 1 N–H and O–H groups in total. The fourth-order valence-electron chi connectivity index (χ4n) is 2.75. The van der Waals surface area contributed by atoms with E-state index in [0.717, 1.165) is 11.1 Å². The Labute approximate surface area is 148 Å². The first-order chi connectivity index (χ1) is 12.3. The number of nitrogens with zero attached hydrogens (tertiary/aromatic N) is 5. The van der Waals surface area contributed by atoms with Crippen LogP contribution >= 0.6 is 11.6 Å². The highest BCUT2D eigenvalue weighted by Gasteiger charge is 2.20. The summed E-state index contributed by atoms with van der Waals surface area (Å²) in [4.78, 5) is 4.16. The summed E-state index contributed by atoms with van der Waals surface area (Å²) in [7, 11) is 0. The molecule has 0 spiro atoms. The Morgan fingerprint density at radius 1 is 0.960 bits per heavy atom. The molecule has 3 aromatic heterocycles. The van der Waals surface area contributed by atoms with Gasteiger partial charge < -0.3 is 5.11 Å². The zero-order valence-corrected chi connectivity index (χ0v) is 13.9. The van der Waals surface area contributed by atoms with Gasteiger partial charge in [-0.3, -0.25) is 4.98 Å². The molecule has 25 heavy (non-hydrogen) atoms. The van der Waals surface area contributed by atoms with Crippen molar-refractivity contribution in [2.24, 2.45) is 0 Å². The van der Waals surface area contributed by atoms with Crippen LogP contribution < -0.4 is 0 Å². The normalized spacial score (nSPS) is 11.1. The van der Waals surface area contributed by atoms with Crippen LogP contribution in [0.3, 0.4) is 0 Å². The van der Waals surface area contributed by atoms with Gasteiger partial charge in [0.2, 0.25) is 0 Å². The van der Waals surface area contributed by atoms with Crippen molar-refractivity contribution in [3.8, 4) is 22.5 Å². The molecular weight excluding hydrogens is 338 g/mol. The third kappa shape index (κ3) is 2.75. The van der Waals surface area contributed by atoms with Crippen molar-refractivity contribution in [1.29, 1.82) is 0 Å². The molecule has 0 saturated heterocycles. The first-order valence-electron chi connectivity index (χ1n) is 7.79. The van der Waals surface area contributed by atoms with Gasteiger partial charge in [-0.05, 0) is 12.1 Å². The van der Waals surface area contributed by atoms with Gasteiger partial charge in [-0.2, -0.15) is 5.10 Å². The minimum absolute atomic E-state index is 0.0526. The van der Waals surface area contributed by atoms with Gasteiger partial charge in [0.1, 0.15) is 11.4 Å². The molecule has 0 saturated carbocycles. The van der Waals surface area contributed by atoms with Crippen LogP contribution in [-0.2, 0) is 6.54 Å². The average Bonchev–Trinajstić information content (AvgIpc) is 3.03. The van der Waals surface area contributed by atoms with E-state index in [2.05, 4.69) is 20.3 Å². The minimum Gasteiger partial charge on any atom is -0.394 e. The summed E-state index contributed by atoms with van der Waals surface area (Å²) in [6.07, 6.45) is 3.43. The molecule has 124 valence electrons. The molecule has 1 aromatic carbocycles. The largest absolute Gasteiger partial charge is 0.394 e. The average molecular weight is 352 g/mol. The number of benzene rings is 1. The molecule has 0 aliphatic rings. The van der Waals surface area contributed by atoms with E-state index in [9.17, 15) is 5.11 Å². The molecule has 0 aliphatic carbocycles. The number of aromatic nitrogens is 5.